The van der Waals surface area contributed by atoms with Crippen molar-refractivity contribution in [3.63, 3.8) is 0 Å². The average Bonchev–Trinajstić information content (AvgIpc) is 3.26. The number of ether oxygens (including phenoxy) is 1. The molecule has 7 heteroatoms. The molecule has 1 aliphatic heterocycles. The van der Waals surface area contributed by atoms with E-state index in [9.17, 15) is 9.18 Å². The molecule has 2 aromatic carbocycles. The number of halogens is 1. The maximum absolute atomic E-state index is 13.3. The van der Waals surface area contributed by atoms with Gasteiger partial charge in [0.05, 0.1) is 18.0 Å². The molecule has 0 unspecified atom stereocenters. The minimum Gasteiger partial charge on any atom is -0.494 e. The molecule has 5 nitrogen and oxygen atoms in total. The number of thioether (sulfide) groups is 1. The first-order chi connectivity index (χ1) is 13.2. The Kier molecular flexibility index (Phi) is 4.85. The van der Waals surface area contributed by atoms with Gasteiger partial charge in [0.25, 0.3) is 5.91 Å². The summed E-state index contributed by atoms with van der Waals surface area (Å²) >= 11 is 1.76. The van der Waals surface area contributed by atoms with E-state index in [1.165, 1.54) is 12.1 Å². The standard InChI is InChI=1S/C20H18FN3O2S/c1-2-26-16-9-3-13(4-10-16)20(25)22-19-17-11-27-12-18(17)23-24(19)15-7-5-14(21)6-8-15/h3-10H,2,11-12H2,1H3,(H,22,25). The van der Waals surface area contributed by atoms with Crippen LogP contribution >= 0.6 is 11.8 Å². The summed E-state index contributed by atoms with van der Waals surface area (Å²) in [5, 5.41) is 7.60. The minimum absolute atomic E-state index is 0.221. The molecule has 0 radical (unpaired) electrons. The van der Waals surface area contributed by atoms with Crippen molar-refractivity contribution in [2.45, 2.75) is 18.4 Å². The normalized spacial score (nSPS) is 12.7. The van der Waals surface area contributed by atoms with Gasteiger partial charge in [0.1, 0.15) is 17.4 Å². The third kappa shape index (κ3) is 3.55. The lowest BCUT2D eigenvalue weighted by Gasteiger charge is -2.11. The summed E-state index contributed by atoms with van der Waals surface area (Å²) < 4.78 is 20.4. The van der Waals surface area contributed by atoms with Gasteiger partial charge in [-0.2, -0.15) is 16.9 Å². The Labute approximate surface area is 160 Å². The number of aromatic nitrogens is 2. The predicted molar refractivity (Wildman–Crippen MR) is 104 cm³/mol. The molecule has 0 bridgehead atoms. The molecule has 0 fully saturated rings. The summed E-state index contributed by atoms with van der Waals surface area (Å²) in [5.74, 6) is 2.42. The zero-order chi connectivity index (χ0) is 18.8. The Bertz CT molecular complexity index is 968. The predicted octanol–water partition coefficient (Wildman–Crippen LogP) is 4.41. The topological polar surface area (TPSA) is 56.1 Å². The highest BCUT2D eigenvalue weighted by Gasteiger charge is 2.25. The number of carbonyl (C=O) groups excluding carboxylic acids is 1. The fourth-order valence-corrected chi connectivity index (χ4v) is 3.99. The minimum atomic E-state index is -0.311. The fraction of sp³-hybridized carbons (Fsp3) is 0.200. The van der Waals surface area contributed by atoms with E-state index in [0.29, 0.717) is 23.7 Å². The highest BCUT2D eigenvalue weighted by Crippen LogP contribution is 2.36. The van der Waals surface area contributed by atoms with Crippen molar-refractivity contribution < 1.29 is 13.9 Å². The van der Waals surface area contributed by atoms with Crippen LogP contribution in [-0.2, 0) is 11.5 Å². The molecule has 0 aliphatic carbocycles. The lowest BCUT2D eigenvalue weighted by Crippen LogP contribution is -2.16. The van der Waals surface area contributed by atoms with Crippen molar-refractivity contribution in [1.29, 1.82) is 0 Å². The van der Waals surface area contributed by atoms with Gasteiger partial charge in [-0.15, -0.1) is 0 Å². The number of benzene rings is 2. The van der Waals surface area contributed by atoms with Crippen LogP contribution < -0.4 is 10.1 Å². The van der Waals surface area contributed by atoms with E-state index < -0.39 is 0 Å². The molecular formula is C20H18FN3O2S. The summed E-state index contributed by atoms with van der Waals surface area (Å²) in [5.41, 5.74) is 3.21. The zero-order valence-corrected chi connectivity index (χ0v) is 15.6. The van der Waals surface area contributed by atoms with E-state index >= 15 is 0 Å². The molecule has 0 atom stereocenters. The van der Waals surface area contributed by atoms with Crippen LogP contribution in [0.3, 0.4) is 0 Å². The second kappa shape index (κ2) is 7.44. The van der Waals surface area contributed by atoms with Crippen LogP contribution in [0.15, 0.2) is 48.5 Å². The van der Waals surface area contributed by atoms with Crippen molar-refractivity contribution in [2.75, 3.05) is 11.9 Å². The van der Waals surface area contributed by atoms with Gasteiger partial charge < -0.3 is 10.1 Å². The Morgan fingerprint density at radius 1 is 1.19 bits per heavy atom. The summed E-state index contributed by atoms with van der Waals surface area (Å²) in [4.78, 5) is 12.8. The maximum atomic E-state index is 13.3. The number of carbonyl (C=O) groups is 1. The molecule has 138 valence electrons. The summed E-state index contributed by atoms with van der Waals surface area (Å²) in [6.07, 6.45) is 0. The summed E-state index contributed by atoms with van der Waals surface area (Å²) in [6, 6.07) is 13.1. The number of nitrogens with zero attached hydrogens (tertiary/aromatic N) is 2. The molecule has 0 spiro atoms. The van der Waals surface area contributed by atoms with E-state index in [0.717, 1.165) is 28.5 Å². The summed E-state index contributed by atoms with van der Waals surface area (Å²) in [7, 11) is 0. The molecule has 27 heavy (non-hydrogen) atoms. The van der Waals surface area contributed by atoms with Gasteiger partial charge in [0.2, 0.25) is 0 Å². The summed E-state index contributed by atoms with van der Waals surface area (Å²) in [6.45, 7) is 2.49. The number of amides is 1. The monoisotopic (exact) mass is 383 g/mol. The van der Waals surface area contributed by atoms with Crippen molar-refractivity contribution in [2.24, 2.45) is 0 Å². The van der Waals surface area contributed by atoms with Gasteiger partial charge in [0.15, 0.2) is 0 Å². The van der Waals surface area contributed by atoms with E-state index in [1.54, 1.807) is 52.8 Å². The first kappa shape index (κ1) is 17.6. The Morgan fingerprint density at radius 2 is 1.93 bits per heavy atom. The SMILES string of the molecule is CCOc1ccc(C(=O)Nc2c3c(nn2-c2ccc(F)cc2)CSC3)cc1. The average molecular weight is 383 g/mol. The van der Waals surface area contributed by atoms with Crippen molar-refractivity contribution in [1.82, 2.24) is 9.78 Å². The number of fused-ring (bicyclic) bond motifs is 1. The Hall–Kier alpha value is -2.80. The molecule has 1 aromatic heterocycles. The van der Waals surface area contributed by atoms with Crippen LogP contribution in [0.1, 0.15) is 28.5 Å². The first-order valence-electron chi connectivity index (χ1n) is 8.64. The molecule has 2 heterocycles. The van der Waals surface area contributed by atoms with Crippen molar-refractivity contribution >= 4 is 23.5 Å². The van der Waals surface area contributed by atoms with Crippen LogP contribution in [0.5, 0.6) is 5.75 Å². The van der Waals surface area contributed by atoms with Gasteiger partial charge in [-0.3, -0.25) is 4.79 Å². The Morgan fingerprint density at radius 3 is 2.63 bits per heavy atom. The van der Waals surface area contributed by atoms with Crippen LogP contribution in [0.2, 0.25) is 0 Å². The van der Waals surface area contributed by atoms with Crippen LogP contribution in [-0.4, -0.2) is 22.3 Å². The zero-order valence-electron chi connectivity index (χ0n) is 14.7. The van der Waals surface area contributed by atoms with Crippen molar-refractivity contribution in [3.8, 4) is 11.4 Å². The van der Waals surface area contributed by atoms with Crippen molar-refractivity contribution in [3.05, 3.63) is 71.2 Å². The molecule has 1 aliphatic rings. The smallest absolute Gasteiger partial charge is 0.256 e. The quantitative estimate of drug-likeness (QED) is 0.709. The van der Waals surface area contributed by atoms with E-state index in [1.807, 2.05) is 6.92 Å². The van der Waals surface area contributed by atoms with Gasteiger partial charge in [0, 0.05) is 22.6 Å². The van der Waals surface area contributed by atoms with Gasteiger partial charge >= 0.3 is 0 Å². The third-order valence-electron chi connectivity index (χ3n) is 4.28. The second-order valence-electron chi connectivity index (χ2n) is 6.07. The van der Waals surface area contributed by atoms with Crippen LogP contribution in [0.25, 0.3) is 5.69 Å². The maximum Gasteiger partial charge on any atom is 0.256 e. The van der Waals surface area contributed by atoms with Crippen LogP contribution in [0.4, 0.5) is 10.2 Å². The van der Waals surface area contributed by atoms with Gasteiger partial charge in [-0.25, -0.2) is 9.07 Å². The number of anilines is 1. The number of nitrogens with one attached hydrogen (secondary N) is 1. The Balaban J connectivity index is 1.64. The highest BCUT2D eigenvalue weighted by atomic mass is 32.2. The third-order valence-corrected chi connectivity index (χ3v) is 5.25. The van der Waals surface area contributed by atoms with E-state index in [2.05, 4.69) is 10.4 Å². The lowest BCUT2D eigenvalue weighted by atomic mass is 10.2. The first-order valence-corrected chi connectivity index (χ1v) is 9.80. The number of rotatable bonds is 5. The molecule has 4 rings (SSSR count). The number of hydrogen-bond acceptors (Lipinski definition) is 4. The molecule has 0 saturated carbocycles. The fourth-order valence-electron chi connectivity index (χ4n) is 2.96. The van der Waals surface area contributed by atoms with Gasteiger partial charge in [-0.05, 0) is 55.5 Å². The van der Waals surface area contributed by atoms with Gasteiger partial charge in [-0.1, -0.05) is 0 Å². The lowest BCUT2D eigenvalue weighted by molar-refractivity contribution is 0.102. The van der Waals surface area contributed by atoms with E-state index in [-0.39, 0.29) is 11.7 Å². The highest BCUT2D eigenvalue weighted by molar-refractivity contribution is 7.98. The molecule has 1 N–H and O–H groups in total. The largest absolute Gasteiger partial charge is 0.494 e. The second-order valence-corrected chi connectivity index (χ2v) is 7.05. The molecule has 3 aromatic rings. The number of hydrogen-bond donors (Lipinski definition) is 1. The molecule has 0 saturated heterocycles. The van der Waals surface area contributed by atoms with E-state index in [4.69, 9.17) is 4.74 Å². The molecular weight excluding hydrogens is 365 g/mol. The van der Waals surface area contributed by atoms with Crippen LogP contribution in [0, 0.1) is 5.82 Å². The molecule has 1 amide bonds.